The Morgan fingerprint density at radius 1 is 1.17 bits per heavy atom. The molecule has 152 valence electrons. The molecule has 2 aromatic rings. The Labute approximate surface area is 174 Å². The zero-order valence-electron chi connectivity index (χ0n) is 16.6. The highest BCUT2D eigenvalue weighted by Gasteiger charge is 2.46. The van der Waals surface area contributed by atoms with E-state index in [1.807, 2.05) is 19.0 Å². The van der Waals surface area contributed by atoms with Gasteiger partial charge < -0.3 is 19.6 Å². The Hall–Kier alpha value is -2.83. The number of halogens is 1. The molecular weight excluding hydrogens is 392 g/mol. The van der Waals surface area contributed by atoms with Gasteiger partial charge in [-0.1, -0.05) is 35.9 Å². The Morgan fingerprint density at radius 2 is 1.90 bits per heavy atom. The van der Waals surface area contributed by atoms with Crippen molar-refractivity contribution in [2.45, 2.75) is 6.04 Å². The molecule has 1 atom stereocenters. The van der Waals surface area contributed by atoms with Gasteiger partial charge in [-0.15, -0.1) is 0 Å². The second-order valence-corrected chi connectivity index (χ2v) is 7.49. The van der Waals surface area contributed by atoms with Crippen molar-refractivity contribution in [3.8, 4) is 5.75 Å². The summed E-state index contributed by atoms with van der Waals surface area (Å²) in [5.74, 6) is -1.22. The maximum Gasteiger partial charge on any atom is 0.295 e. The zero-order valence-corrected chi connectivity index (χ0v) is 17.3. The van der Waals surface area contributed by atoms with Crippen LogP contribution in [0.5, 0.6) is 5.75 Å². The van der Waals surface area contributed by atoms with Crippen molar-refractivity contribution in [1.29, 1.82) is 0 Å². The summed E-state index contributed by atoms with van der Waals surface area (Å²) in [5.41, 5.74) is 1.04. The van der Waals surface area contributed by atoms with Crippen LogP contribution >= 0.6 is 11.6 Å². The quantitative estimate of drug-likeness (QED) is 0.446. The fraction of sp³-hybridized carbons (Fsp3) is 0.273. The third-order valence-electron chi connectivity index (χ3n) is 4.85. The molecule has 0 bridgehead atoms. The lowest BCUT2D eigenvalue weighted by Gasteiger charge is -2.26. The molecule has 0 aliphatic carbocycles. The van der Waals surface area contributed by atoms with Crippen LogP contribution in [0, 0.1) is 0 Å². The topological polar surface area (TPSA) is 70.1 Å². The summed E-state index contributed by atoms with van der Waals surface area (Å²) in [5, 5.41) is 11.6. The molecule has 0 aromatic heterocycles. The number of carbonyl (C=O) groups is 2. The second kappa shape index (κ2) is 8.68. The minimum Gasteiger partial charge on any atom is -0.507 e. The Balaban J connectivity index is 2.19. The Kier molecular flexibility index (Phi) is 6.25. The lowest BCUT2D eigenvalue weighted by molar-refractivity contribution is -0.140. The largest absolute Gasteiger partial charge is 0.507 e. The average Bonchev–Trinajstić information content (AvgIpc) is 2.96. The first kappa shape index (κ1) is 20.9. The fourth-order valence-electron chi connectivity index (χ4n) is 3.43. The number of aliphatic hydroxyl groups excluding tert-OH is 1. The molecule has 1 fully saturated rings. The number of nitrogens with zero attached hydrogens (tertiary/aromatic N) is 2. The van der Waals surface area contributed by atoms with Gasteiger partial charge in [0.2, 0.25) is 0 Å². The van der Waals surface area contributed by atoms with E-state index in [0.29, 0.717) is 35.0 Å². The third kappa shape index (κ3) is 4.13. The summed E-state index contributed by atoms with van der Waals surface area (Å²) in [6.07, 6.45) is 0. The number of hydrogen-bond donors (Lipinski definition) is 1. The minimum absolute atomic E-state index is 0.0283. The fourth-order valence-corrected chi connectivity index (χ4v) is 3.63. The van der Waals surface area contributed by atoms with Crippen LogP contribution in [-0.4, -0.2) is 60.9 Å². The second-order valence-electron chi connectivity index (χ2n) is 7.05. The third-order valence-corrected chi connectivity index (χ3v) is 5.09. The molecule has 1 heterocycles. The molecule has 0 spiro atoms. The number of rotatable bonds is 6. The van der Waals surface area contributed by atoms with Crippen LogP contribution in [0.4, 0.5) is 0 Å². The number of para-hydroxylation sites is 1. The summed E-state index contributed by atoms with van der Waals surface area (Å²) in [6, 6.07) is 13.1. The van der Waals surface area contributed by atoms with Gasteiger partial charge in [0.15, 0.2) is 0 Å². The number of ketones is 1. The molecule has 1 aliphatic rings. The van der Waals surface area contributed by atoms with Gasteiger partial charge >= 0.3 is 0 Å². The van der Waals surface area contributed by atoms with E-state index in [9.17, 15) is 14.7 Å². The minimum atomic E-state index is -0.737. The van der Waals surface area contributed by atoms with E-state index in [1.54, 1.807) is 48.5 Å². The first-order valence-corrected chi connectivity index (χ1v) is 9.55. The van der Waals surface area contributed by atoms with Crippen LogP contribution < -0.4 is 4.74 Å². The predicted molar refractivity (Wildman–Crippen MR) is 112 cm³/mol. The van der Waals surface area contributed by atoms with E-state index in [1.165, 1.54) is 12.0 Å². The van der Waals surface area contributed by atoms with Crippen LogP contribution in [0.3, 0.4) is 0 Å². The van der Waals surface area contributed by atoms with E-state index >= 15 is 0 Å². The van der Waals surface area contributed by atoms with E-state index in [4.69, 9.17) is 16.3 Å². The van der Waals surface area contributed by atoms with Gasteiger partial charge in [0.25, 0.3) is 11.7 Å². The molecule has 1 amide bonds. The molecule has 1 aliphatic heterocycles. The number of ether oxygens (including phenoxy) is 1. The SMILES string of the molecule is COc1ccccc1/C(O)=C1\C(=O)C(=O)N(CCN(C)C)C1c1cccc(Cl)c1. The number of hydrogen-bond acceptors (Lipinski definition) is 5. The van der Waals surface area contributed by atoms with Crippen molar-refractivity contribution < 1.29 is 19.4 Å². The lowest BCUT2D eigenvalue weighted by atomic mass is 9.95. The van der Waals surface area contributed by atoms with Crippen LogP contribution in [0.15, 0.2) is 54.1 Å². The smallest absolute Gasteiger partial charge is 0.295 e. The molecule has 0 radical (unpaired) electrons. The molecule has 6 nitrogen and oxygen atoms in total. The molecule has 3 rings (SSSR count). The highest BCUT2D eigenvalue weighted by molar-refractivity contribution is 6.46. The van der Waals surface area contributed by atoms with Crippen LogP contribution in [0.1, 0.15) is 17.2 Å². The number of likely N-dealkylation sites (tertiary alicyclic amines) is 1. The van der Waals surface area contributed by atoms with Crippen molar-refractivity contribution in [1.82, 2.24) is 9.80 Å². The van der Waals surface area contributed by atoms with Gasteiger partial charge in [0, 0.05) is 18.1 Å². The molecule has 0 saturated carbocycles. The van der Waals surface area contributed by atoms with Gasteiger partial charge in [0.1, 0.15) is 11.5 Å². The normalized spacial score (nSPS) is 18.5. The highest BCUT2D eigenvalue weighted by atomic mass is 35.5. The van der Waals surface area contributed by atoms with Crippen LogP contribution in [0.25, 0.3) is 5.76 Å². The van der Waals surface area contributed by atoms with E-state index in [2.05, 4.69) is 0 Å². The van der Waals surface area contributed by atoms with Crippen molar-refractivity contribution in [3.05, 3.63) is 70.3 Å². The number of Topliss-reactive ketones (excluding diaryl/α,β-unsaturated/α-hetero) is 1. The molecule has 1 unspecified atom stereocenters. The molecule has 29 heavy (non-hydrogen) atoms. The molecular formula is C22H23ClN2O4. The molecule has 1 saturated heterocycles. The number of amides is 1. The van der Waals surface area contributed by atoms with Crippen molar-refractivity contribution in [2.75, 3.05) is 34.3 Å². The van der Waals surface area contributed by atoms with Gasteiger partial charge in [-0.2, -0.15) is 0 Å². The van der Waals surface area contributed by atoms with Crippen LogP contribution in [0.2, 0.25) is 5.02 Å². The van der Waals surface area contributed by atoms with E-state index < -0.39 is 17.7 Å². The summed E-state index contributed by atoms with van der Waals surface area (Å²) in [4.78, 5) is 29.2. The van der Waals surface area contributed by atoms with E-state index in [0.717, 1.165) is 0 Å². The average molecular weight is 415 g/mol. The summed E-state index contributed by atoms with van der Waals surface area (Å²) in [7, 11) is 5.26. The number of benzene rings is 2. The van der Waals surface area contributed by atoms with Crippen molar-refractivity contribution in [2.24, 2.45) is 0 Å². The maximum atomic E-state index is 12.9. The standard InChI is InChI=1S/C22H23ClN2O4/c1-24(2)11-12-25-19(14-7-6-8-15(23)13-14)18(21(27)22(25)28)20(26)16-9-4-5-10-17(16)29-3/h4-10,13,19,26H,11-12H2,1-3H3/b20-18+. The molecule has 2 aromatic carbocycles. The Morgan fingerprint density at radius 3 is 2.55 bits per heavy atom. The predicted octanol–water partition coefficient (Wildman–Crippen LogP) is 3.33. The highest BCUT2D eigenvalue weighted by Crippen LogP contribution is 2.41. The Bertz CT molecular complexity index is 971. The lowest BCUT2D eigenvalue weighted by Crippen LogP contribution is -2.35. The number of carbonyl (C=O) groups excluding carboxylic acids is 2. The zero-order chi connectivity index (χ0) is 21.1. The van der Waals surface area contributed by atoms with Gasteiger partial charge in [-0.05, 0) is 43.9 Å². The number of likely N-dealkylation sites (N-methyl/N-ethyl adjacent to an activating group) is 1. The van der Waals surface area contributed by atoms with E-state index in [-0.39, 0.29) is 11.3 Å². The first-order valence-electron chi connectivity index (χ1n) is 9.17. The van der Waals surface area contributed by atoms with Gasteiger partial charge in [-0.3, -0.25) is 9.59 Å². The van der Waals surface area contributed by atoms with Crippen molar-refractivity contribution in [3.63, 3.8) is 0 Å². The maximum absolute atomic E-state index is 12.9. The summed E-state index contributed by atoms with van der Waals surface area (Å²) in [6.45, 7) is 0.899. The molecule has 1 N–H and O–H groups in total. The van der Waals surface area contributed by atoms with Crippen LogP contribution in [-0.2, 0) is 9.59 Å². The van der Waals surface area contributed by atoms with Crippen molar-refractivity contribution >= 4 is 29.1 Å². The summed E-state index contributed by atoms with van der Waals surface area (Å²) < 4.78 is 5.32. The summed E-state index contributed by atoms with van der Waals surface area (Å²) >= 11 is 6.17. The van der Waals surface area contributed by atoms with Gasteiger partial charge in [0.05, 0.1) is 24.3 Å². The number of methoxy groups -OCH3 is 1. The first-order chi connectivity index (χ1) is 13.8. The number of aliphatic hydroxyl groups is 1. The van der Waals surface area contributed by atoms with Gasteiger partial charge in [-0.25, -0.2) is 0 Å². The monoisotopic (exact) mass is 414 g/mol. The molecule has 7 heteroatoms.